The Morgan fingerprint density at radius 2 is 2.44 bits per heavy atom. The van der Waals surface area contributed by atoms with E-state index >= 15 is 0 Å². The van der Waals surface area contributed by atoms with E-state index in [0.29, 0.717) is 12.2 Å². The fourth-order valence-electron chi connectivity index (χ4n) is 1.24. The number of carbonyl (C=O) groups excluding carboxylic acids is 1. The van der Waals surface area contributed by atoms with Gasteiger partial charge >= 0.3 is 5.97 Å². The fourth-order valence-corrected chi connectivity index (χ4v) is 1.24. The number of azide groups is 1. The highest BCUT2D eigenvalue weighted by Gasteiger charge is 2.01. The SMILES string of the molecule is CCOC(=O)/C=C/c1ccc(N=[N+]=[N-])c(C#N)c1. The van der Waals surface area contributed by atoms with E-state index in [0.717, 1.165) is 0 Å². The predicted octanol–water partition coefficient (Wildman–Crippen LogP) is 3.08. The molecule has 0 N–H and O–H groups in total. The molecule has 0 saturated carbocycles. The Morgan fingerprint density at radius 1 is 1.67 bits per heavy atom. The molecule has 0 aliphatic carbocycles. The highest BCUT2D eigenvalue weighted by Crippen LogP contribution is 2.20. The van der Waals surface area contributed by atoms with E-state index in [4.69, 9.17) is 15.5 Å². The zero-order chi connectivity index (χ0) is 13.4. The number of hydrogen-bond donors (Lipinski definition) is 0. The molecule has 0 heterocycles. The Hall–Kier alpha value is -2.77. The third kappa shape index (κ3) is 3.67. The minimum Gasteiger partial charge on any atom is -0.463 e. The number of hydrogen-bond acceptors (Lipinski definition) is 4. The zero-order valence-corrected chi connectivity index (χ0v) is 9.70. The molecule has 0 atom stereocenters. The van der Waals surface area contributed by atoms with Crippen LogP contribution in [0, 0.1) is 11.3 Å². The molecule has 0 amide bonds. The maximum atomic E-state index is 11.1. The molecule has 6 nitrogen and oxygen atoms in total. The first-order valence-electron chi connectivity index (χ1n) is 5.15. The smallest absolute Gasteiger partial charge is 0.330 e. The van der Waals surface area contributed by atoms with Crippen LogP contribution in [-0.4, -0.2) is 12.6 Å². The monoisotopic (exact) mass is 242 g/mol. The molecule has 1 rings (SSSR count). The van der Waals surface area contributed by atoms with Crippen molar-refractivity contribution in [1.82, 2.24) is 0 Å². The first-order chi connectivity index (χ1) is 8.71. The average molecular weight is 242 g/mol. The molecule has 0 radical (unpaired) electrons. The van der Waals surface area contributed by atoms with Crippen LogP contribution >= 0.6 is 0 Å². The number of carbonyl (C=O) groups is 1. The van der Waals surface area contributed by atoms with Crippen molar-refractivity contribution in [2.75, 3.05) is 6.61 Å². The number of nitrogens with zero attached hydrogens (tertiary/aromatic N) is 4. The number of rotatable bonds is 4. The van der Waals surface area contributed by atoms with Crippen LogP contribution in [-0.2, 0) is 9.53 Å². The Bertz CT molecular complexity index is 566. The summed E-state index contributed by atoms with van der Waals surface area (Å²) in [5, 5.41) is 12.3. The standard InChI is InChI=1S/C12H10N4O2/c1-2-18-12(17)6-4-9-3-5-11(15-16-14)10(7-9)8-13/h3-7H,2H2,1H3/b6-4+. The molecule has 1 aromatic rings. The van der Waals surface area contributed by atoms with Gasteiger partial charge in [-0.1, -0.05) is 17.2 Å². The molecule has 6 heteroatoms. The normalized spacial score (nSPS) is 9.56. The average Bonchev–Trinajstić information content (AvgIpc) is 2.38. The Morgan fingerprint density at radius 3 is 3.06 bits per heavy atom. The highest BCUT2D eigenvalue weighted by molar-refractivity contribution is 5.87. The van der Waals surface area contributed by atoms with Crippen LogP contribution in [0.25, 0.3) is 16.5 Å². The fraction of sp³-hybridized carbons (Fsp3) is 0.167. The van der Waals surface area contributed by atoms with Crippen molar-refractivity contribution in [1.29, 1.82) is 5.26 Å². The third-order valence-electron chi connectivity index (χ3n) is 1.99. The van der Waals surface area contributed by atoms with E-state index in [1.807, 2.05) is 6.07 Å². The summed E-state index contributed by atoms with van der Waals surface area (Å²) in [5.41, 5.74) is 9.47. The molecule has 0 saturated heterocycles. The van der Waals surface area contributed by atoms with Gasteiger partial charge in [-0.2, -0.15) is 5.26 Å². The minimum absolute atomic E-state index is 0.249. The third-order valence-corrected chi connectivity index (χ3v) is 1.99. The highest BCUT2D eigenvalue weighted by atomic mass is 16.5. The second kappa shape index (κ2) is 6.74. The van der Waals surface area contributed by atoms with Crippen LogP contribution in [0.4, 0.5) is 5.69 Å². The number of benzene rings is 1. The van der Waals surface area contributed by atoms with Gasteiger partial charge in [0.05, 0.1) is 23.9 Å². The minimum atomic E-state index is -0.449. The summed E-state index contributed by atoms with van der Waals surface area (Å²) in [7, 11) is 0. The molecule has 0 unspecified atom stereocenters. The van der Waals surface area contributed by atoms with Gasteiger partial charge in [-0.25, -0.2) is 4.79 Å². The van der Waals surface area contributed by atoms with Gasteiger partial charge in [0.2, 0.25) is 0 Å². The maximum absolute atomic E-state index is 11.1. The molecule has 90 valence electrons. The van der Waals surface area contributed by atoms with Gasteiger partial charge in [0.15, 0.2) is 0 Å². The lowest BCUT2D eigenvalue weighted by atomic mass is 10.1. The lowest BCUT2D eigenvalue weighted by molar-refractivity contribution is -0.137. The summed E-state index contributed by atoms with van der Waals surface area (Å²) >= 11 is 0. The maximum Gasteiger partial charge on any atom is 0.330 e. The van der Waals surface area contributed by atoms with Crippen LogP contribution in [0.15, 0.2) is 29.4 Å². The predicted molar refractivity (Wildman–Crippen MR) is 65.6 cm³/mol. The molecule has 0 aromatic heterocycles. The molecule has 0 aliphatic rings. The summed E-state index contributed by atoms with van der Waals surface area (Å²) in [6.45, 7) is 2.02. The Kier molecular flexibility index (Phi) is 4.98. The summed E-state index contributed by atoms with van der Waals surface area (Å²) in [4.78, 5) is 13.7. The molecular formula is C12H10N4O2. The van der Waals surface area contributed by atoms with Gasteiger partial charge in [0.25, 0.3) is 0 Å². The first-order valence-corrected chi connectivity index (χ1v) is 5.15. The summed E-state index contributed by atoms with van der Waals surface area (Å²) in [6.07, 6.45) is 2.80. The van der Waals surface area contributed by atoms with Gasteiger partial charge in [-0.15, -0.1) is 0 Å². The van der Waals surface area contributed by atoms with Crippen LogP contribution in [0.2, 0.25) is 0 Å². The zero-order valence-electron chi connectivity index (χ0n) is 9.70. The number of nitriles is 1. The van der Waals surface area contributed by atoms with Crippen LogP contribution < -0.4 is 0 Å². The quantitative estimate of drug-likeness (QED) is 0.266. The lowest BCUT2D eigenvalue weighted by Crippen LogP contribution is -1.98. The molecule has 1 aromatic carbocycles. The van der Waals surface area contributed by atoms with Gasteiger partial charge in [0, 0.05) is 11.0 Å². The van der Waals surface area contributed by atoms with Crippen molar-refractivity contribution < 1.29 is 9.53 Å². The summed E-state index contributed by atoms with van der Waals surface area (Å²) in [5.74, 6) is -0.449. The van der Waals surface area contributed by atoms with Crippen molar-refractivity contribution in [3.05, 3.63) is 45.8 Å². The summed E-state index contributed by atoms with van der Waals surface area (Å²) in [6, 6.07) is 6.60. The molecule has 0 aliphatic heterocycles. The molecule has 0 fully saturated rings. The van der Waals surface area contributed by atoms with Crippen molar-refractivity contribution in [3.8, 4) is 6.07 Å². The Labute approximate surface area is 104 Å². The second-order valence-corrected chi connectivity index (χ2v) is 3.16. The van der Waals surface area contributed by atoms with Crippen molar-refractivity contribution >= 4 is 17.7 Å². The number of esters is 1. The van der Waals surface area contributed by atoms with E-state index in [1.54, 1.807) is 13.0 Å². The largest absolute Gasteiger partial charge is 0.463 e. The van der Waals surface area contributed by atoms with Gasteiger partial charge in [0.1, 0.15) is 0 Å². The molecule has 0 bridgehead atoms. The van der Waals surface area contributed by atoms with E-state index in [2.05, 4.69) is 10.0 Å². The first kappa shape index (κ1) is 13.3. The van der Waals surface area contributed by atoms with Crippen LogP contribution in [0.1, 0.15) is 18.1 Å². The molecule has 18 heavy (non-hydrogen) atoms. The van der Waals surface area contributed by atoms with Crippen LogP contribution in [0.5, 0.6) is 0 Å². The Balaban J connectivity index is 2.97. The van der Waals surface area contributed by atoms with Gasteiger partial charge in [-0.3, -0.25) is 0 Å². The topological polar surface area (TPSA) is 98.8 Å². The van der Waals surface area contributed by atoms with Crippen LogP contribution in [0.3, 0.4) is 0 Å². The number of ether oxygens (including phenoxy) is 1. The van der Waals surface area contributed by atoms with Crippen molar-refractivity contribution in [3.63, 3.8) is 0 Å². The lowest BCUT2D eigenvalue weighted by Gasteiger charge is -1.99. The second-order valence-electron chi connectivity index (χ2n) is 3.16. The van der Waals surface area contributed by atoms with Crippen molar-refractivity contribution in [2.45, 2.75) is 6.92 Å². The van der Waals surface area contributed by atoms with E-state index < -0.39 is 5.97 Å². The van der Waals surface area contributed by atoms with E-state index in [-0.39, 0.29) is 11.3 Å². The van der Waals surface area contributed by atoms with E-state index in [9.17, 15) is 4.79 Å². The van der Waals surface area contributed by atoms with Gasteiger partial charge < -0.3 is 4.74 Å². The van der Waals surface area contributed by atoms with Gasteiger partial charge in [-0.05, 0) is 30.2 Å². The van der Waals surface area contributed by atoms with E-state index in [1.165, 1.54) is 24.3 Å². The molecular weight excluding hydrogens is 232 g/mol. The molecule has 0 spiro atoms. The summed E-state index contributed by atoms with van der Waals surface area (Å²) < 4.78 is 4.73. The van der Waals surface area contributed by atoms with Crippen molar-refractivity contribution in [2.24, 2.45) is 5.11 Å².